The van der Waals surface area contributed by atoms with E-state index in [1.165, 1.54) is 25.3 Å². The first-order chi connectivity index (χ1) is 12.5. The van der Waals surface area contributed by atoms with E-state index in [4.69, 9.17) is 0 Å². The van der Waals surface area contributed by atoms with Crippen molar-refractivity contribution >= 4 is 15.9 Å². The van der Waals surface area contributed by atoms with Crippen molar-refractivity contribution in [1.82, 2.24) is 10.0 Å². The van der Waals surface area contributed by atoms with Gasteiger partial charge in [-0.3, -0.25) is 4.79 Å². The van der Waals surface area contributed by atoms with E-state index in [1.54, 1.807) is 18.2 Å². The van der Waals surface area contributed by atoms with Gasteiger partial charge in [0.2, 0.25) is 10.0 Å². The summed E-state index contributed by atoms with van der Waals surface area (Å²) in [5.74, 6) is -0.174. The molecule has 0 aliphatic heterocycles. The highest BCUT2D eigenvalue weighted by Crippen LogP contribution is 2.21. The van der Waals surface area contributed by atoms with Gasteiger partial charge >= 0.3 is 0 Å². The predicted molar refractivity (Wildman–Crippen MR) is 103 cm³/mol. The van der Waals surface area contributed by atoms with Crippen molar-refractivity contribution in [2.45, 2.75) is 87.6 Å². The fraction of sp³-hybridized carbons (Fsp3) is 0.650. The Morgan fingerprint density at radius 3 is 2.08 bits per heavy atom. The summed E-state index contributed by atoms with van der Waals surface area (Å²) in [7, 11) is -3.58. The van der Waals surface area contributed by atoms with Gasteiger partial charge in [0.05, 0.1) is 4.90 Å². The summed E-state index contributed by atoms with van der Waals surface area (Å²) in [5, 5.41) is 3.08. The molecule has 2 fully saturated rings. The highest BCUT2D eigenvalue weighted by atomic mass is 32.2. The second-order valence-electron chi connectivity index (χ2n) is 7.65. The smallest absolute Gasteiger partial charge is 0.251 e. The third-order valence-electron chi connectivity index (χ3n) is 5.52. The second kappa shape index (κ2) is 9.00. The Kier molecular flexibility index (Phi) is 6.70. The first-order valence-electron chi connectivity index (χ1n) is 9.98. The van der Waals surface area contributed by atoms with Crippen molar-refractivity contribution in [1.29, 1.82) is 0 Å². The zero-order valence-corrected chi connectivity index (χ0v) is 16.2. The van der Waals surface area contributed by atoms with E-state index in [-0.39, 0.29) is 22.9 Å². The first kappa shape index (κ1) is 19.4. The molecule has 0 heterocycles. The summed E-state index contributed by atoms with van der Waals surface area (Å²) in [6.07, 6.45) is 11.8. The number of sulfonamides is 1. The minimum absolute atomic E-state index is 0.0113. The molecule has 0 unspecified atom stereocenters. The molecule has 1 aromatic carbocycles. The Hall–Kier alpha value is -1.40. The van der Waals surface area contributed by atoms with E-state index in [2.05, 4.69) is 10.0 Å². The normalized spacial score (nSPS) is 20.5. The van der Waals surface area contributed by atoms with Crippen LogP contribution in [0.3, 0.4) is 0 Å². The highest BCUT2D eigenvalue weighted by Gasteiger charge is 2.23. The Morgan fingerprint density at radius 1 is 0.846 bits per heavy atom. The van der Waals surface area contributed by atoms with Crippen molar-refractivity contribution in [2.75, 3.05) is 0 Å². The molecule has 5 nitrogen and oxygen atoms in total. The molecule has 2 aliphatic carbocycles. The van der Waals surface area contributed by atoms with Crippen LogP contribution in [-0.2, 0) is 10.0 Å². The molecule has 6 heteroatoms. The van der Waals surface area contributed by atoms with Crippen LogP contribution < -0.4 is 10.0 Å². The number of benzene rings is 1. The van der Waals surface area contributed by atoms with E-state index >= 15 is 0 Å². The average molecular weight is 379 g/mol. The lowest BCUT2D eigenvalue weighted by atomic mass is 9.96. The van der Waals surface area contributed by atoms with Crippen LogP contribution in [0.2, 0.25) is 0 Å². The molecule has 0 radical (unpaired) electrons. The van der Waals surface area contributed by atoms with Crippen molar-refractivity contribution in [3.63, 3.8) is 0 Å². The fourth-order valence-corrected chi connectivity index (χ4v) is 5.36. The van der Waals surface area contributed by atoms with Crippen LogP contribution in [0.15, 0.2) is 29.2 Å². The molecule has 2 saturated carbocycles. The molecule has 1 aromatic rings. The number of carbonyl (C=O) groups is 1. The van der Waals surface area contributed by atoms with Gasteiger partial charge in [-0.25, -0.2) is 13.1 Å². The third kappa shape index (κ3) is 5.30. The van der Waals surface area contributed by atoms with Gasteiger partial charge in [-0.05, 0) is 43.9 Å². The van der Waals surface area contributed by atoms with Crippen LogP contribution in [0, 0.1) is 0 Å². The third-order valence-corrected chi connectivity index (χ3v) is 7.04. The van der Waals surface area contributed by atoms with Crippen molar-refractivity contribution in [2.24, 2.45) is 0 Å². The molecular weight excluding hydrogens is 348 g/mol. The average Bonchev–Trinajstić information content (AvgIpc) is 2.91. The topological polar surface area (TPSA) is 75.3 Å². The summed E-state index contributed by atoms with van der Waals surface area (Å²) in [5.41, 5.74) is 0.417. The number of hydrogen-bond donors (Lipinski definition) is 2. The van der Waals surface area contributed by atoms with Crippen LogP contribution >= 0.6 is 0 Å². The maximum absolute atomic E-state index is 12.7. The fourth-order valence-electron chi connectivity index (χ4n) is 4.00. The Balaban J connectivity index is 1.67. The molecule has 0 atom stereocenters. The monoisotopic (exact) mass is 378 g/mol. The highest BCUT2D eigenvalue weighted by molar-refractivity contribution is 7.89. The number of amides is 1. The molecule has 0 saturated heterocycles. The van der Waals surface area contributed by atoms with Gasteiger partial charge in [0.1, 0.15) is 0 Å². The maximum Gasteiger partial charge on any atom is 0.251 e. The molecule has 2 aliphatic rings. The zero-order valence-electron chi connectivity index (χ0n) is 15.4. The Bertz CT molecular complexity index is 704. The van der Waals surface area contributed by atoms with Crippen LogP contribution in [0.1, 0.15) is 81.0 Å². The molecule has 144 valence electrons. The van der Waals surface area contributed by atoms with Crippen LogP contribution in [0.4, 0.5) is 0 Å². The number of carbonyl (C=O) groups excluding carboxylic acids is 1. The van der Waals surface area contributed by atoms with Gasteiger partial charge < -0.3 is 5.32 Å². The number of hydrogen-bond acceptors (Lipinski definition) is 3. The largest absolute Gasteiger partial charge is 0.349 e. The Morgan fingerprint density at radius 2 is 1.42 bits per heavy atom. The molecule has 1 amide bonds. The van der Waals surface area contributed by atoms with Gasteiger partial charge in [-0.15, -0.1) is 0 Å². The van der Waals surface area contributed by atoms with Gasteiger partial charge in [-0.1, -0.05) is 51.0 Å². The quantitative estimate of drug-likeness (QED) is 0.766. The summed E-state index contributed by atoms with van der Waals surface area (Å²) in [4.78, 5) is 12.7. The minimum atomic E-state index is -3.58. The number of rotatable bonds is 5. The SMILES string of the molecule is O=C(NC1CCCCCC1)c1cccc(S(=O)(=O)NC2CCCCC2)c1. The van der Waals surface area contributed by atoms with Gasteiger partial charge in [0.15, 0.2) is 0 Å². The first-order valence-corrected chi connectivity index (χ1v) is 11.5. The lowest BCUT2D eigenvalue weighted by Crippen LogP contribution is -2.36. The van der Waals surface area contributed by atoms with Gasteiger partial charge in [0, 0.05) is 17.6 Å². The molecule has 0 spiro atoms. The van der Waals surface area contributed by atoms with Gasteiger partial charge in [0.25, 0.3) is 5.91 Å². The van der Waals surface area contributed by atoms with Crippen LogP contribution in [0.5, 0.6) is 0 Å². The lowest BCUT2D eigenvalue weighted by Gasteiger charge is -2.22. The Labute approximate surface area is 157 Å². The molecule has 26 heavy (non-hydrogen) atoms. The molecule has 2 N–H and O–H groups in total. The van der Waals surface area contributed by atoms with E-state index in [1.807, 2.05) is 0 Å². The molecule has 0 bridgehead atoms. The number of nitrogens with one attached hydrogen (secondary N) is 2. The summed E-state index contributed by atoms with van der Waals surface area (Å²) < 4.78 is 28.1. The van der Waals surface area contributed by atoms with Crippen molar-refractivity contribution in [3.8, 4) is 0 Å². The molecular formula is C20H30N2O3S. The van der Waals surface area contributed by atoms with Crippen LogP contribution in [0.25, 0.3) is 0 Å². The van der Waals surface area contributed by atoms with Crippen molar-refractivity contribution < 1.29 is 13.2 Å². The summed E-state index contributed by atoms with van der Waals surface area (Å²) >= 11 is 0. The van der Waals surface area contributed by atoms with E-state index in [0.29, 0.717) is 5.56 Å². The minimum Gasteiger partial charge on any atom is -0.349 e. The zero-order chi connectivity index (χ0) is 18.4. The standard InChI is InChI=1S/C20H30N2O3S/c23-20(21-17-10-4-1-2-5-11-17)16-9-8-14-19(15-16)26(24,25)22-18-12-6-3-7-13-18/h8-9,14-15,17-18,22H,1-7,10-13H2,(H,21,23). The lowest BCUT2D eigenvalue weighted by molar-refractivity contribution is 0.0933. The van der Waals surface area contributed by atoms with E-state index < -0.39 is 10.0 Å². The van der Waals surface area contributed by atoms with Crippen molar-refractivity contribution in [3.05, 3.63) is 29.8 Å². The summed E-state index contributed by atoms with van der Waals surface area (Å²) in [6, 6.07) is 6.61. The van der Waals surface area contributed by atoms with E-state index in [9.17, 15) is 13.2 Å². The van der Waals surface area contributed by atoms with E-state index in [0.717, 1.165) is 51.4 Å². The molecule has 3 rings (SSSR count). The van der Waals surface area contributed by atoms with Gasteiger partial charge in [-0.2, -0.15) is 0 Å². The maximum atomic E-state index is 12.7. The summed E-state index contributed by atoms with van der Waals surface area (Å²) in [6.45, 7) is 0. The second-order valence-corrected chi connectivity index (χ2v) is 9.36. The predicted octanol–water partition coefficient (Wildman–Crippen LogP) is 3.75. The molecule has 0 aromatic heterocycles. The van der Waals surface area contributed by atoms with Crippen LogP contribution in [-0.4, -0.2) is 26.4 Å².